The van der Waals surface area contributed by atoms with Gasteiger partial charge in [-0.05, 0) is 61.8 Å². The van der Waals surface area contributed by atoms with Gasteiger partial charge in [0.2, 0.25) is 0 Å². The number of carbonyl (C=O) groups is 2. The molecule has 11 heteroatoms. The van der Waals surface area contributed by atoms with E-state index in [1.165, 1.54) is 6.33 Å². The second-order valence-electron chi connectivity index (χ2n) is 10.8. The molecular weight excluding hydrogens is 548 g/mol. The highest BCUT2D eigenvalue weighted by atomic mass is 16.7. The number of rotatable bonds is 10. The highest BCUT2D eigenvalue weighted by Gasteiger charge is 2.51. The number of imidazole rings is 1. The van der Waals surface area contributed by atoms with Crippen molar-refractivity contribution in [1.82, 2.24) is 24.8 Å². The number of carboxylic acid groups (broad SMARTS) is 1. The summed E-state index contributed by atoms with van der Waals surface area (Å²) in [6, 6.07) is 16.7. The molecule has 11 nitrogen and oxygen atoms in total. The third kappa shape index (κ3) is 6.13. The van der Waals surface area contributed by atoms with Gasteiger partial charge in [-0.25, -0.2) is 24.5 Å². The fraction of sp³-hybridized carbons (Fsp3) is 0.344. The molecule has 0 spiro atoms. The maximum absolute atomic E-state index is 12.2. The summed E-state index contributed by atoms with van der Waals surface area (Å²) < 4.78 is 15.0. The molecule has 2 aromatic heterocycles. The number of aromatic carboxylic acids is 1. The van der Waals surface area contributed by atoms with Gasteiger partial charge >= 0.3 is 12.0 Å². The van der Waals surface area contributed by atoms with Gasteiger partial charge in [0.15, 0.2) is 23.3 Å². The molecule has 1 aliphatic heterocycles. The van der Waals surface area contributed by atoms with Gasteiger partial charge in [-0.3, -0.25) is 5.32 Å². The number of ether oxygens (including phenoxy) is 2. The summed E-state index contributed by atoms with van der Waals surface area (Å²) >= 11 is 0. The minimum atomic E-state index is -0.910. The van der Waals surface area contributed by atoms with E-state index in [4.69, 9.17) is 9.47 Å². The van der Waals surface area contributed by atoms with E-state index in [1.807, 2.05) is 66.1 Å². The zero-order valence-corrected chi connectivity index (χ0v) is 23.8. The number of hydrogen-bond donors (Lipinski definition) is 3. The van der Waals surface area contributed by atoms with Gasteiger partial charge in [-0.1, -0.05) is 54.6 Å². The number of fused-ring (bicyclic) bond motifs is 2. The largest absolute Gasteiger partial charge is 0.478 e. The Hall–Kier alpha value is -4.61. The van der Waals surface area contributed by atoms with Crippen LogP contribution < -0.4 is 10.6 Å². The average Bonchev–Trinajstić information content (AvgIpc) is 3.72. The monoisotopic (exact) mass is 582 g/mol. The van der Waals surface area contributed by atoms with Gasteiger partial charge in [-0.2, -0.15) is 0 Å². The van der Waals surface area contributed by atoms with Crippen molar-refractivity contribution < 1.29 is 24.2 Å². The summed E-state index contributed by atoms with van der Waals surface area (Å²) in [5, 5.41) is 15.1. The number of carboxylic acids is 1. The molecule has 6 rings (SSSR count). The van der Waals surface area contributed by atoms with E-state index in [0.717, 1.165) is 30.4 Å². The molecule has 4 unspecified atom stereocenters. The van der Waals surface area contributed by atoms with Crippen LogP contribution in [0.4, 0.5) is 10.6 Å². The Morgan fingerprint density at radius 2 is 1.84 bits per heavy atom. The lowest BCUT2D eigenvalue weighted by Gasteiger charge is -2.19. The first kappa shape index (κ1) is 28.5. The molecule has 1 saturated carbocycles. The zero-order chi connectivity index (χ0) is 29.8. The minimum Gasteiger partial charge on any atom is -0.478 e. The van der Waals surface area contributed by atoms with Crippen LogP contribution in [0.25, 0.3) is 17.2 Å². The number of hydrogen-bond acceptors (Lipinski definition) is 7. The van der Waals surface area contributed by atoms with Gasteiger partial charge < -0.3 is 24.5 Å². The standard InChI is InChI=1S/C32H34N6O5/c1-2-33-32(41)37-29-26-30(35-18-34-29)38(19-36-26)24-17-22(13-8-12-21-11-6-7-14-23(21)31(39)40)27-28(24)43-25(42-27)16-15-20-9-4-3-5-10-20/h3-7,9-11,14-16,18-19,22,24-25,27-28H,2,8,12-13,17H2,1H3,(H,39,40)(H2,33,34,35,37,41)/t22?,24?,25-,27?,28?/m0/s1. The van der Waals surface area contributed by atoms with Crippen LogP contribution in [-0.4, -0.2) is 61.7 Å². The lowest BCUT2D eigenvalue weighted by molar-refractivity contribution is -0.0507. The van der Waals surface area contributed by atoms with Crippen LogP contribution in [0.1, 0.15) is 53.7 Å². The molecular formula is C32H34N6O5. The Morgan fingerprint density at radius 3 is 2.65 bits per heavy atom. The normalized spacial score (nSPS) is 23.0. The highest BCUT2D eigenvalue weighted by molar-refractivity contribution is 5.95. The molecule has 1 saturated heterocycles. The zero-order valence-electron chi connectivity index (χ0n) is 23.8. The summed E-state index contributed by atoms with van der Waals surface area (Å²) in [7, 11) is 0. The predicted octanol–water partition coefficient (Wildman–Crippen LogP) is 5.07. The third-order valence-electron chi connectivity index (χ3n) is 8.09. The first-order chi connectivity index (χ1) is 21.0. The molecule has 2 fully saturated rings. The molecule has 43 heavy (non-hydrogen) atoms. The molecule has 5 atom stereocenters. The number of nitrogens with one attached hydrogen (secondary N) is 2. The Kier molecular flexibility index (Phi) is 8.43. The predicted molar refractivity (Wildman–Crippen MR) is 161 cm³/mol. The number of aryl methyl sites for hydroxylation is 1. The summed E-state index contributed by atoms with van der Waals surface area (Å²) in [6.45, 7) is 2.33. The molecule has 4 aromatic rings. The lowest BCUT2D eigenvalue weighted by atomic mass is 9.94. The molecule has 0 bridgehead atoms. The van der Waals surface area contributed by atoms with Crippen molar-refractivity contribution in [1.29, 1.82) is 0 Å². The maximum atomic E-state index is 12.2. The van der Waals surface area contributed by atoms with Crippen molar-refractivity contribution in [2.45, 2.75) is 57.1 Å². The molecule has 3 N–H and O–H groups in total. The van der Waals surface area contributed by atoms with E-state index in [2.05, 4.69) is 25.6 Å². The first-order valence-corrected chi connectivity index (χ1v) is 14.6. The molecule has 3 heterocycles. The quantitative estimate of drug-likeness (QED) is 0.235. The van der Waals surface area contributed by atoms with Crippen molar-refractivity contribution in [2.75, 3.05) is 11.9 Å². The van der Waals surface area contributed by atoms with Crippen LogP contribution in [0.3, 0.4) is 0 Å². The van der Waals surface area contributed by atoms with Gasteiger partial charge in [0.25, 0.3) is 0 Å². The second kappa shape index (κ2) is 12.7. The van der Waals surface area contributed by atoms with E-state index in [0.29, 0.717) is 35.5 Å². The van der Waals surface area contributed by atoms with Gasteiger partial charge in [0.1, 0.15) is 12.4 Å². The molecule has 2 amide bonds. The van der Waals surface area contributed by atoms with Crippen LogP contribution in [0.5, 0.6) is 0 Å². The minimum absolute atomic E-state index is 0.103. The van der Waals surface area contributed by atoms with Crippen molar-refractivity contribution in [3.05, 3.63) is 90.0 Å². The number of urea groups is 1. The van der Waals surface area contributed by atoms with Crippen LogP contribution in [0, 0.1) is 5.92 Å². The number of aromatic nitrogens is 4. The first-order valence-electron chi connectivity index (χ1n) is 14.6. The summed E-state index contributed by atoms with van der Waals surface area (Å²) in [6.07, 6.45) is 9.27. The van der Waals surface area contributed by atoms with E-state index in [9.17, 15) is 14.7 Å². The number of amides is 2. The second-order valence-corrected chi connectivity index (χ2v) is 10.8. The summed E-state index contributed by atoms with van der Waals surface area (Å²) in [4.78, 5) is 37.2. The SMILES string of the molecule is CCNC(=O)Nc1ncnc2c1ncn2C1CC(CCCc2ccccc2C(=O)O)C2O[C@H](C=Cc3ccccc3)OC21. The summed E-state index contributed by atoms with van der Waals surface area (Å²) in [5.74, 6) is -0.397. The topological polar surface area (TPSA) is 140 Å². The molecule has 0 radical (unpaired) electrons. The number of nitrogens with zero attached hydrogens (tertiary/aromatic N) is 4. The molecule has 1 aliphatic carbocycles. The van der Waals surface area contributed by atoms with Crippen LogP contribution in [-0.2, 0) is 15.9 Å². The Morgan fingerprint density at radius 1 is 1.05 bits per heavy atom. The van der Waals surface area contributed by atoms with Crippen LogP contribution in [0.2, 0.25) is 0 Å². The van der Waals surface area contributed by atoms with E-state index >= 15 is 0 Å². The van der Waals surface area contributed by atoms with Crippen LogP contribution >= 0.6 is 0 Å². The van der Waals surface area contributed by atoms with Crippen molar-refractivity contribution >= 4 is 35.1 Å². The van der Waals surface area contributed by atoms with E-state index in [-0.39, 0.29) is 30.2 Å². The van der Waals surface area contributed by atoms with Crippen LogP contribution in [0.15, 0.2) is 73.3 Å². The number of anilines is 1. The Bertz CT molecular complexity index is 1620. The lowest BCUT2D eigenvalue weighted by Crippen LogP contribution is -2.28. The van der Waals surface area contributed by atoms with Gasteiger partial charge in [0.05, 0.1) is 24.0 Å². The van der Waals surface area contributed by atoms with E-state index < -0.39 is 12.3 Å². The molecule has 2 aromatic carbocycles. The molecule has 222 valence electrons. The average molecular weight is 583 g/mol. The number of carbonyl (C=O) groups excluding carboxylic acids is 1. The van der Waals surface area contributed by atoms with Gasteiger partial charge in [-0.15, -0.1) is 0 Å². The Labute approximate surface area is 249 Å². The van der Waals surface area contributed by atoms with Crippen molar-refractivity contribution in [3.8, 4) is 0 Å². The summed E-state index contributed by atoms with van der Waals surface area (Å²) in [5.41, 5.74) is 3.34. The Balaban J connectivity index is 1.24. The fourth-order valence-corrected chi connectivity index (χ4v) is 6.16. The number of benzene rings is 2. The highest BCUT2D eigenvalue weighted by Crippen LogP contribution is 2.47. The molecule has 2 aliphatic rings. The van der Waals surface area contributed by atoms with E-state index in [1.54, 1.807) is 18.5 Å². The smallest absolute Gasteiger partial charge is 0.335 e. The van der Waals surface area contributed by atoms with Crippen molar-refractivity contribution in [2.24, 2.45) is 5.92 Å². The fourth-order valence-electron chi connectivity index (χ4n) is 6.16. The van der Waals surface area contributed by atoms with Gasteiger partial charge in [0, 0.05) is 6.54 Å². The third-order valence-corrected chi connectivity index (χ3v) is 8.09. The maximum Gasteiger partial charge on any atom is 0.335 e. The van der Waals surface area contributed by atoms with Crippen molar-refractivity contribution in [3.63, 3.8) is 0 Å².